The maximum atomic E-state index is 5.70. The molecule has 0 fully saturated rings. The molecule has 3 nitrogen and oxygen atoms in total. The van der Waals surface area contributed by atoms with Crippen molar-refractivity contribution in [3.8, 4) is 5.75 Å². The predicted octanol–water partition coefficient (Wildman–Crippen LogP) is 4.50. The Morgan fingerprint density at radius 1 is 0.950 bits per heavy atom. The molecule has 1 aromatic heterocycles. The molecule has 0 unspecified atom stereocenters. The number of benzene rings is 2. The molecular weight excluding hydrogens is 250 g/mol. The molecule has 2 heterocycles. The minimum absolute atomic E-state index is 0.814. The van der Waals surface area contributed by atoms with Gasteiger partial charge in [0.05, 0.1) is 12.9 Å². The van der Waals surface area contributed by atoms with E-state index in [0.29, 0.717) is 0 Å². The minimum atomic E-state index is 0.814. The first-order valence-corrected chi connectivity index (χ1v) is 6.88. The zero-order chi connectivity index (χ0) is 13.4. The third-order valence-corrected chi connectivity index (χ3v) is 3.66. The molecule has 1 aliphatic rings. The summed E-state index contributed by atoms with van der Waals surface area (Å²) in [5.41, 5.74) is 4.24. The van der Waals surface area contributed by atoms with Crippen molar-refractivity contribution in [3.63, 3.8) is 0 Å². The van der Waals surface area contributed by atoms with Gasteiger partial charge in [0.15, 0.2) is 0 Å². The van der Waals surface area contributed by atoms with Crippen LogP contribution in [-0.2, 0) is 6.42 Å². The third kappa shape index (κ3) is 2.01. The molecule has 20 heavy (non-hydrogen) atoms. The second-order valence-electron chi connectivity index (χ2n) is 5.07. The minimum Gasteiger partial charge on any atom is -0.493 e. The monoisotopic (exact) mass is 265 g/mol. The van der Waals surface area contributed by atoms with Gasteiger partial charge in [-0.25, -0.2) is 0 Å². The number of hydrogen-bond acceptors (Lipinski definition) is 3. The zero-order valence-electron chi connectivity index (χ0n) is 11.1. The van der Waals surface area contributed by atoms with Crippen LogP contribution in [0.2, 0.25) is 0 Å². The van der Waals surface area contributed by atoms with Crippen LogP contribution in [0.15, 0.2) is 53.1 Å². The first-order valence-electron chi connectivity index (χ1n) is 6.88. The maximum absolute atomic E-state index is 5.70. The lowest BCUT2D eigenvalue weighted by molar-refractivity contribution is 0.288. The fraction of sp³-hybridized carbons (Fsp3) is 0.176. The van der Waals surface area contributed by atoms with Gasteiger partial charge in [-0.3, -0.25) is 0 Å². The lowest BCUT2D eigenvalue weighted by Gasteiger charge is -2.18. The summed E-state index contributed by atoms with van der Waals surface area (Å²) in [7, 11) is 0. The van der Waals surface area contributed by atoms with Crippen LogP contribution in [0, 0.1) is 0 Å². The Balaban J connectivity index is 1.64. The van der Waals surface area contributed by atoms with Crippen molar-refractivity contribution in [2.75, 3.05) is 11.9 Å². The quantitative estimate of drug-likeness (QED) is 0.740. The summed E-state index contributed by atoms with van der Waals surface area (Å²) in [6.07, 6.45) is 3.92. The van der Waals surface area contributed by atoms with Crippen LogP contribution in [0.25, 0.3) is 11.0 Å². The molecule has 0 radical (unpaired) electrons. The van der Waals surface area contributed by atoms with Gasteiger partial charge in [0.1, 0.15) is 11.3 Å². The van der Waals surface area contributed by atoms with E-state index in [1.807, 2.05) is 12.1 Å². The molecule has 0 aliphatic carbocycles. The van der Waals surface area contributed by atoms with Crippen molar-refractivity contribution < 1.29 is 9.15 Å². The Hall–Kier alpha value is -2.42. The van der Waals surface area contributed by atoms with Crippen molar-refractivity contribution in [2.24, 2.45) is 0 Å². The number of rotatable bonds is 2. The molecule has 3 aromatic rings. The van der Waals surface area contributed by atoms with Crippen LogP contribution >= 0.6 is 0 Å². The normalized spacial score (nSPS) is 13.8. The molecule has 4 rings (SSSR count). The Labute approximate surface area is 117 Å². The number of ether oxygens (including phenoxy) is 1. The molecule has 2 aromatic carbocycles. The summed E-state index contributed by atoms with van der Waals surface area (Å²) >= 11 is 0. The highest BCUT2D eigenvalue weighted by molar-refractivity contribution is 5.82. The highest BCUT2D eigenvalue weighted by Crippen LogP contribution is 2.30. The van der Waals surface area contributed by atoms with Gasteiger partial charge in [0.2, 0.25) is 0 Å². The summed E-state index contributed by atoms with van der Waals surface area (Å²) in [6.45, 7) is 0.814. The number of fused-ring (bicyclic) bond motifs is 2. The first kappa shape index (κ1) is 11.4. The SMILES string of the molecule is c1cc2ccc(Nc3ccc4c(c3)OCCC4)cc2o1. The van der Waals surface area contributed by atoms with Crippen molar-refractivity contribution in [1.82, 2.24) is 0 Å². The van der Waals surface area contributed by atoms with Gasteiger partial charge in [-0.1, -0.05) is 6.07 Å². The van der Waals surface area contributed by atoms with E-state index >= 15 is 0 Å². The van der Waals surface area contributed by atoms with Gasteiger partial charge in [-0.2, -0.15) is 0 Å². The lowest BCUT2D eigenvalue weighted by Crippen LogP contribution is -2.08. The molecule has 3 heteroatoms. The molecule has 0 spiro atoms. The topological polar surface area (TPSA) is 34.4 Å². The van der Waals surface area contributed by atoms with Gasteiger partial charge in [-0.05, 0) is 42.7 Å². The molecule has 100 valence electrons. The second kappa shape index (κ2) is 4.60. The Bertz CT molecular complexity index is 761. The number of anilines is 2. The maximum Gasteiger partial charge on any atom is 0.135 e. The van der Waals surface area contributed by atoms with Gasteiger partial charge in [0.25, 0.3) is 0 Å². The molecule has 1 aliphatic heterocycles. The van der Waals surface area contributed by atoms with Gasteiger partial charge in [0, 0.05) is 28.9 Å². The van der Waals surface area contributed by atoms with E-state index in [0.717, 1.165) is 47.5 Å². The fourth-order valence-electron chi connectivity index (χ4n) is 2.62. The van der Waals surface area contributed by atoms with E-state index in [-0.39, 0.29) is 0 Å². The molecule has 1 N–H and O–H groups in total. The van der Waals surface area contributed by atoms with Crippen LogP contribution in [0.5, 0.6) is 5.75 Å². The zero-order valence-corrected chi connectivity index (χ0v) is 11.1. The molecule has 0 saturated heterocycles. The molecule has 0 atom stereocenters. The van der Waals surface area contributed by atoms with Crippen molar-refractivity contribution in [1.29, 1.82) is 0 Å². The molecule has 0 amide bonds. The van der Waals surface area contributed by atoms with Crippen molar-refractivity contribution >= 4 is 22.3 Å². The lowest BCUT2D eigenvalue weighted by atomic mass is 10.1. The number of hydrogen-bond donors (Lipinski definition) is 1. The average molecular weight is 265 g/mol. The van der Waals surface area contributed by atoms with E-state index < -0.39 is 0 Å². The molecule has 0 saturated carbocycles. The van der Waals surface area contributed by atoms with Gasteiger partial charge >= 0.3 is 0 Å². The van der Waals surface area contributed by atoms with E-state index in [1.165, 1.54) is 5.56 Å². The summed E-state index contributed by atoms with van der Waals surface area (Å²) in [4.78, 5) is 0. The van der Waals surface area contributed by atoms with Gasteiger partial charge in [-0.15, -0.1) is 0 Å². The Morgan fingerprint density at radius 3 is 2.85 bits per heavy atom. The average Bonchev–Trinajstić information content (AvgIpc) is 2.95. The fourth-order valence-corrected chi connectivity index (χ4v) is 2.62. The van der Waals surface area contributed by atoms with E-state index in [9.17, 15) is 0 Å². The summed E-state index contributed by atoms with van der Waals surface area (Å²) in [5.74, 6) is 1.00. The smallest absolute Gasteiger partial charge is 0.135 e. The van der Waals surface area contributed by atoms with Gasteiger partial charge < -0.3 is 14.5 Å². The van der Waals surface area contributed by atoms with Crippen LogP contribution in [0.4, 0.5) is 11.4 Å². The van der Waals surface area contributed by atoms with E-state index in [4.69, 9.17) is 9.15 Å². The number of aryl methyl sites for hydroxylation is 1. The summed E-state index contributed by atoms with van der Waals surface area (Å²) in [5, 5.41) is 4.51. The van der Waals surface area contributed by atoms with Crippen LogP contribution < -0.4 is 10.1 Å². The summed E-state index contributed by atoms with van der Waals surface area (Å²) < 4.78 is 11.1. The number of nitrogens with one attached hydrogen (secondary N) is 1. The first-order chi connectivity index (χ1) is 9.88. The molecular formula is C17H15NO2. The van der Waals surface area contributed by atoms with Crippen molar-refractivity contribution in [3.05, 3.63) is 54.3 Å². The second-order valence-corrected chi connectivity index (χ2v) is 5.07. The largest absolute Gasteiger partial charge is 0.493 e. The van der Waals surface area contributed by atoms with Crippen LogP contribution in [0.3, 0.4) is 0 Å². The highest BCUT2D eigenvalue weighted by Gasteiger charge is 2.10. The Kier molecular flexibility index (Phi) is 2.62. The summed E-state index contributed by atoms with van der Waals surface area (Å²) in [6, 6.07) is 14.4. The Morgan fingerprint density at radius 2 is 1.85 bits per heavy atom. The predicted molar refractivity (Wildman–Crippen MR) is 79.8 cm³/mol. The van der Waals surface area contributed by atoms with Crippen molar-refractivity contribution in [2.45, 2.75) is 12.8 Å². The van der Waals surface area contributed by atoms with Crippen LogP contribution in [-0.4, -0.2) is 6.61 Å². The number of furan rings is 1. The van der Waals surface area contributed by atoms with Crippen LogP contribution in [0.1, 0.15) is 12.0 Å². The third-order valence-electron chi connectivity index (χ3n) is 3.66. The standard InChI is InChI=1S/C17H15NO2/c1-2-12-3-5-14(10-16(12)19-8-1)18-15-6-4-13-7-9-20-17(13)11-15/h3-7,9-11,18H,1-2,8H2. The highest BCUT2D eigenvalue weighted by atomic mass is 16.5. The van der Waals surface area contributed by atoms with E-state index in [2.05, 4.69) is 35.6 Å². The van der Waals surface area contributed by atoms with E-state index in [1.54, 1.807) is 6.26 Å². The molecule has 0 bridgehead atoms.